The van der Waals surface area contributed by atoms with Gasteiger partial charge in [0, 0.05) is 38.1 Å². The second-order valence-electron chi connectivity index (χ2n) is 6.70. The molecule has 3 atom stereocenters. The van der Waals surface area contributed by atoms with E-state index in [0.29, 0.717) is 17.9 Å². The first kappa shape index (κ1) is 13.0. The summed E-state index contributed by atoms with van der Waals surface area (Å²) in [6.07, 6.45) is 7.89. The highest BCUT2D eigenvalue weighted by molar-refractivity contribution is 5.34. The maximum atomic E-state index is 6.30. The van der Waals surface area contributed by atoms with Gasteiger partial charge in [0.2, 0.25) is 5.95 Å². The zero-order chi connectivity index (χ0) is 13.4. The van der Waals surface area contributed by atoms with E-state index in [0.717, 1.165) is 31.5 Å². The van der Waals surface area contributed by atoms with Crippen LogP contribution in [0.2, 0.25) is 0 Å². The lowest BCUT2D eigenvalue weighted by atomic mass is 9.78. The van der Waals surface area contributed by atoms with Crippen LogP contribution in [-0.4, -0.2) is 28.7 Å². The van der Waals surface area contributed by atoms with E-state index in [1.54, 1.807) is 0 Å². The van der Waals surface area contributed by atoms with Gasteiger partial charge in [-0.25, -0.2) is 4.98 Å². The fraction of sp³-hybridized carbons (Fsp3) is 0.800. The van der Waals surface area contributed by atoms with E-state index in [2.05, 4.69) is 34.5 Å². The number of imidazole rings is 1. The maximum Gasteiger partial charge on any atom is 0.205 e. The molecule has 2 fully saturated rings. The predicted molar refractivity (Wildman–Crippen MR) is 78.1 cm³/mol. The number of nitrogens with zero attached hydrogens (tertiary/aromatic N) is 3. The van der Waals surface area contributed by atoms with Gasteiger partial charge in [0.15, 0.2) is 0 Å². The Morgan fingerprint density at radius 2 is 2.21 bits per heavy atom. The summed E-state index contributed by atoms with van der Waals surface area (Å²) in [5.74, 6) is 3.27. The van der Waals surface area contributed by atoms with E-state index < -0.39 is 0 Å². The summed E-state index contributed by atoms with van der Waals surface area (Å²) in [4.78, 5) is 7.04. The molecule has 2 heterocycles. The molecular formula is C15H26N4. The lowest BCUT2D eigenvalue weighted by Gasteiger charge is -2.29. The number of fused-ring (bicyclic) bond motifs is 1. The molecule has 0 amide bonds. The third-order valence-corrected chi connectivity index (χ3v) is 4.69. The fourth-order valence-corrected chi connectivity index (χ4v) is 3.80. The molecule has 106 valence electrons. The quantitative estimate of drug-likeness (QED) is 0.907. The molecule has 1 saturated carbocycles. The highest BCUT2D eigenvalue weighted by atomic mass is 15.3. The standard InChI is InChI=1S/C15H26N4/c1-11(2)8-18-7-6-17-15(18)19-9-12-4-3-5-14(16)13(12)10-19/h6-7,11-14H,3-5,8-10,16H2,1-2H3. The number of aromatic nitrogens is 2. The molecule has 1 aliphatic carbocycles. The Hall–Kier alpha value is -1.03. The third kappa shape index (κ3) is 2.50. The van der Waals surface area contributed by atoms with E-state index in [-0.39, 0.29) is 0 Å². The summed E-state index contributed by atoms with van der Waals surface area (Å²) in [6.45, 7) is 7.80. The number of nitrogens with two attached hydrogens (primary N) is 1. The van der Waals surface area contributed by atoms with E-state index in [1.165, 1.54) is 19.3 Å². The molecule has 1 aliphatic heterocycles. The average molecular weight is 262 g/mol. The van der Waals surface area contributed by atoms with E-state index in [9.17, 15) is 0 Å². The molecule has 2 aliphatic rings. The van der Waals surface area contributed by atoms with Gasteiger partial charge >= 0.3 is 0 Å². The second kappa shape index (κ2) is 5.16. The molecule has 1 aromatic rings. The van der Waals surface area contributed by atoms with Crippen LogP contribution in [0.15, 0.2) is 12.4 Å². The van der Waals surface area contributed by atoms with Crippen molar-refractivity contribution in [2.24, 2.45) is 23.5 Å². The van der Waals surface area contributed by atoms with Gasteiger partial charge in [0.25, 0.3) is 0 Å². The van der Waals surface area contributed by atoms with Crippen molar-refractivity contribution in [3.05, 3.63) is 12.4 Å². The Bertz CT molecular complexity index is 426. The molecule has 4 heteroatoms. The van der Waals surface area contributed by atoms with Gasteiger partial charge in [-0.1, -0.05) is 20.3 Å². The molecule has 0 bridgehead atoms. The van der Waals surface area contributed by atoms with Crippen molar-refractivity contribution in [3.63, 3.8) is 0 Å². The van der Waals surface area contributed by atoms with Crippen molar-refractivity contribution in [3.8, 4) is 0 Å². The molecule has 2 N–H and O–H groups in total. The minimum absolute atomic E-state index is 0.400. The Morgan fingerprint density at radius 1 is 1.37 bits per heavy atom. The fourth-order valence-electron chi connectivity index (χ4n) is 3.80. The Kier molecular flexibility index (Phi) is 3.52. The summed E-state index contributed by atoms with van der Waals surface area (Å²) in [6, 6.07) is 0.400. The first-order chi connectivity index (χ1) is 9.15. The SMILES string of the molecule is CC(C)Cn1ccnc1N1CC2CCCC(N)C2C1. The van der Waals surface area contributed by atoms with Crippen molar-refractivity contribution in [2.75, 3.05) is 18.0 Å². The van der Waals surface area contributed by atoms with Crippen LogP contribution in [0.5, 0.6) is 0 Å². The lowest BCUT2D eigenvalue weighted by Crippen LogP contribution is -2.38. The number of hydrogen-bond acceptors (Lipinski definition) is 3. The molecule has 3 unspecified atom stereocenters. The largest absolute Gasteiger partial charge is 0.342 e. The maximum absolute atomic E-state index is 6.30. The molecule has 0 aromatic carbocycles. The predicted octanol–water partition coefficient (Wildman–Crippen LogP) is 2.10. The number of anilines is 1. The molecule has 1 aromatic heterocycles. The van der Waals surface area contributed by atoms with Gasteiger partial charge in [-0.2, -0.15) is 0 Å². The first-order valence-corrected chi connectivity index (χ1v) is 7.67. The zero-order valence-corrected chi connectivity index (χ0v) is 12.1. The zero-order valence-electron chi connectivity index (χ0n) is 12.1. The van der Waals surface area contributed by atoms with E-state index in [4.69, 9.17) is 5.73 Å². The number of rotatable bonds is 3. The normalized spacial score (nSPS) is 30.9. The van der Waals surface area contributed by atoms with Crippen molar-refractivity contribution < 1.29 is 0 Å². The van der Waals surface area contributed by atoms with Gasteiger partial charge in [0.05, 0.1) is 0 Å². The van der Waals surface area contributed by atoms with Crippen LogP contribution in [0.4, 0.5) is 5.95 Å². The van der Waals surface area contributed by atoms with Gasteiger partial charge in [-0.05, 0) is 30.6 Å². The van der Waals surface area contributed by atoms with Crippen molar-refractivity contribution >= 4 is 5.95 Å². The van der Waals surface area contributed by atoms with Crippen LogP contribution in [-0.2, 0) is 6.54 Å². The van der Waals surface area contributed by atoms with Gasteiger partial charge in [-0.15, -0.1) is 0 Å². The molecule has 4 nitrogen and oxygen atoms in total. The summed E-state index contributed by atoms with van der Waals surface area (Å²) in [5, 5.41) is 0. The highest BCUT2D eigenvalue weighted by Crippen LogP contribution is 2.37. The first-order valence-electron chi connectivity index (χ1n) is 7.67. The minimum Gasteiger partial charge on any atom is -0.342 e. The molecule has 0 spiro atoms. The van der Waals surface area contributed by atoms with Crippen molar-refractivity contribution in [1.82, 2.24) is 9.55 Å². The minimum atomic E-state index is 0.400. The molecular weight excluding hydrogens is 236 g/mol. The average Bonchev–Trinajstić information content (AvgIpc) is 2.94. The van der Waals surface area contributed by atoms with Crippen LogP contribution >= 0.6 is 0 Å². The topological polar surface area (TPSA) is 47.1 Å². The third-order valence-electron chi connectivity index (χ3n) is 4.69. The second-order valence-corrected chi connectivity index (χ2v) is 6.70. The van der Waals surface area contributed by atoms with E-state index in [1.807, 2.05) is 6.20 Å². The van der Waals surface area contributed by atoms with Crippen molar-refractivity contribution in [1.29, 1.82) is 0 Å². The van der Waals surface area contributed by atoms with Crippen LogP contribution in [0.3, 0.4) is 0 Å². The smallest absolute Gasteiger partial charge is 0.205 e. The summed E-state index contributed by atoms with van der Waals surface area (Å²) < 4.78 is 2.30. The molecule has 3 rings (SSSR count). The summed E-state index contributed by atoms with van der Waals surface area (Å²) in [7, 11) is 0. The molecule has 1 saturated heterocycles. The van der Waals surface area contributed by atoms with E-state index >= 15 is 0 Å². The summed E-state index contributed by atoms with van der Waals surface area (Å²) in [5.41, 5.74) is 6.30. The van der Waals surface area contributed by atoms with Crippen LogP contribution < -0.4 is 10.6 Å². The van der Waals surface area contributed by atoms with Crippen LogP contribution in [0, 0.1) is 17.8 Å². The molecule has 19 heavy (non-hydrogen) atoms. The Labute approximate surface area is 116 Å². The van der Waals surface area contributed by atoms with Crippen LogP contribution in [0.25, 0.3) is 0 Å². The van der Waals surface area contributed by atoms with Gasteiger partial charge in [0.1, 0.15) is 0 Å². The van der Waals surface area contributed by atoms with Crippen molar-refractivity contribution in [2.45, 2.75) is 45.7 Å². The Morgan fingerprint density at radius 3 is 2.95 bits per heavy atom. The molecule has 0 radical (unpaired) electrons. The lowest BCUT2D eigenvalue weighted by molar-refractivity contribution is 0.260. The highest BCUT2D eigenvalue weighted by Gasteiger charge is 2.39. The van der Waals surface area contributed by atoms with Gasteiger partial charge in [-0.3, -0.25) is 0 Å². The van der Waals surface area contributed by atoms with Crippen LogP contribution in [0.1, 0.15) is 33.1 Å². The number of hydrogen-bond donors (Lipinski definition) is 1. The summed E-state index contributed by atoms with van der Waals surface area (Å²) >= 11 is 0. The van der Waals surface area contributed by atoms with Gasteiger partial charge < -0.3 is 15.2 Å². The Balaban J connectivity index is 1.75. The monoisotopic (exact) mass is 262 g/mol.